The van der Waals surface area contributed by atoms with E-state index in [2.05, 4.69) is 61.2 Å². The third-order valence-electron chi connectivity index (χ3n) is 5.66. The highest BCUT2D eigenvalue weighted by Gasteiger charge is 2.22. The van der Waals surface area contributed by atoms with E-state index in [4.69, 9.17) is 5.73 Å². The molecular weight excluding hydrogens is 304 g/mol. The summed E-state index contributed by atoms with van der Waals surface area (Å²) in [4.78, 5) is 2.68. The van der Waals surface area contributed by atoms with Crippen molar-refractivity contribution in [2.75, 3.05) is 19.6 Å². The molecule has 3 rings (SSSR count). The fourth-order valence-electron chi connectivity index (χ4n) is 4.33. The molecule has 0 heterocycles. The van der Waals surface area contributed by atoms with Crippen LogP contribution in [0.15, 0.2) is 42.5 Å². The Hall–Kier alpha value is -1.38. The van der Waals surface area contributed by atoms with Gasteiger partial charge < -0.3 is 5.73 Å². The predicted octanol–water partition coefficient (Wildman–Crippen LogP) is 5.06. The molecule has 1 saturated carbocycles. The summed E-state index contributed by atoms with van der Waals surface area (Å²) in [6.07, 6.45) is 5.36. The van der Waals surface area contributed by atoms with Crippen molar-refractivity contribution in [1.82, 2.24) is 4.90 Å². The van der Waals surface area contributed by atoms with Gasteiger partial charge in [0.05, 0.1) is 0 Å². The van der Waals surface area contributed by atoms with Gasteiger partial charge in [0.25, 0.3) is 0 Å². The zero-order valence-electron chi connectivity index (χ0n) is 16.0. The average Bonchev–Trinajstić information content (AvgIpc) is 2.61. The second-order valence-electron chi connectivity index (χ2n) is 8.39. The van der Waals surface area contributed by atoms with Crippen LogP contribution in [0.25, 0.3) is 10.8 Å². The fourth-order valence-corrected chi connectivity index (χ4v) is 4.33. The molecule has 0 bridgehead atoms. The first-order chi connectivity index (χ1) is 12.1. The van der Waals surface area contributed by atoms with Crippen LogP contribution in [0.2, 0.25) is 0 Å². The molecule has 1 aliphatic carbocycles. The van der Waals surface area contributed by atoms with Gasteiger partial charge in [0.2, 0.25) is 0 Å². The van der Waals surface area contributed by atoms with Gasteiger partial charge in [-0.1, -0.05) is 50.2 Å². The SMILES string of the molecule is CC(C)CN(Cc1ccc2ccccc2c1)CC1CCC(CN)CC1. The number of fused-ring (bicyclic) bond motifs is 1. The lowest BCUT2D eigenvalue weighted by atomic mass is 9.81. The topological polar surface area (TPSA) is 29.3 Å². The molecule has 2 aromatic rings. The Morgan fingerprint density at radius 3 is 2.32 bits per heavy atom. The van der Waals surface area contributed by atoms with Crippen molar-refractivity contribution in [2.24, 2.45) is 23.5 Å². The van der Waals surface area contributed by atoms with Crippen molar-refractivity contribution in [2.45, 2.75) is 46.1 Å². The maximum atomic E-state index is 5.85. The molecule has 1 aliphatic rings. The van der Waals surface area contributed by atoms with Crippen molar-refractivity contribution in [3.63, 3.8) is 0 Å². The molecule has 0 saturated heterocycles. The Morgan fingerprint density at radius 1 is 0.960 bits per heavy atom. The van der Waals surface area contributed by atoms with Crippen LogP contribution >= 0.6 is 0 Å². The van der Waals surface area contributed by atoms with Crippen molar-refractivity contribution < 1.29 is 0 Å². The first kappa shape index (κ1) is 18.4. The number of rotatable bonds is 7. The summed E-state index contributed by atoms with van der Waals surface area (Å²) < 4.78 is 0. The predicted molar refractivity (Wildman–Crippen MR) is 109 cm³/mol. The molecule has 0 unspecified atom stereocenters. The number of hydrogen-bond acceptors (Lipinski definition) is 2. The summed E-state index contributed by atoms with van der Waals surface area (Å²) in [7, 11) is 0. The largest absolute Gasteiger partial charge is 0.330 e. The molecule has 0 amide bonds. The summed E-state index contributed by atoms with van der Waals surface area (Å²) in [5.74, 6) is 2.33. The molecule has 2 aromatic carbocycles. The van der Waals surface area contributed by atoms with Gasteiger partial charge in [-0.2, -0.15) is 0 Å². The van der Waals surface area contributed by atoms with Gasteiger partial charge in [0, 0.05) is 19.6 Å². The molecular formula is C23H34N2. The monoisotopic (exact) mass is 338 g/mol. The van der Waals surface area contributed by atoms with Crippen LogP contribution in [0.1, 0.15) is 45.1 Å². The molecule has 2 nitrogen and oxygen atoms in total. The lowest BCUT2D eigenvalue weighted by molar-refractivity contribution is 0.162. The molecule has 1 fully saturated rings. The maximum absolute atomic E-state index is 5.85. The summed E-state index contributed by atoms with van der Waals surface area (Å²) in [5, 5.41) is 2.69. The Labute approximate surface area is 153 Å². The van der Waals surface area contributed by atoms with Gasteiger partial charge in [-0.25, -0.2) is 0 Å². The molecule has 0 atom stereocenters. The molecule has 0 aromatic heterocycles. The maximum Gasteiger partial charge on any atom is 0.0234 e. The Morgan fingerprint density at radius 2 is 1.64 bits per heavy atom. The first-order valence-corrected chi connectivity index (χ1v) is 10.0. The second-order valence-corrected chi connectivity index (χ2v) is 8.39. The third-order valence-corrected chi connectivity index (χ3v) is 5.66. The van der Waals surface area contributed by atoms with Crippen LogP contribution in [0.4, 0.5) is 0 Å². The van der Waals surface area contributed by atoms with E-state index in [9.17, 15) is 0 Å². The highest BCUT2D eigenvalue weighted by Crippen LogP contribution is 2.29. The Bertz CT molecular complexity index is 656. The van der Waals surface area contributed by atoms with Gasteiger partial charge in [-0.15, -0.1) is 0 Å². The smallest absolute Gasteiger partial charge is 0.0234 e. The van der Waals surface area contributed by atoms with E-state index in [0.29, 0.717) is 5.92 Å². The molecule has 2 heteroatoms. The third kappa shape index (κ3) is 5.29. The molecule has 0 spiro atoms. The van der Waals surface area contributed by atoms with Crippen LogP contribution in [-0.4, -0.2) is 24.5 Å². The second kappa shape index (κ2) is 8.82. The van der Waals surface area contributed by atoms with Crippen molar-refractivity contribution in [3.05, 3.63) is 48.0 Å². The van der Waals surface area contributed by atoms with E-state index < -0.39 is 0 Å². The summed E-state index contributed by atoms with van der Waals surface area (Å²) in [6.45, 7) is 9.03. The average molecular weight is 339 g/mol. The molecule has 2 N–H and O–H groups in total. The fraction of sp³-hybridized carbons (Fsp3) is 0.565. The minimum atomic E-state index is 0.709. The number of hydrogen-bond donors (Lipinski definition) is 1. The summed E-state index contributed by atoms with van der Waals surface area (Å²) >= 11 is 0. The Balaban J connectivity index is 1.65. The minimum absolute atomic E-state index is 0.709. The normalized spacial score (nSPS) is 21.3. The quantitative estimate of drug-likeness (QED) is 0.764. The van der Waals surface area contributed by atoms with Gasteiger partial charge in [-0.05, 0) is 72.4 Å². The molecule has 0 radical (unpaired) electrons. The minimum Gasteiger partial charge on any atom is -0.330 e. The van der Waals surface area contributed by atoms with E-state index in [0.717, 1.165) is 24.9 Å². The standard InChI is InChI=1S/C23H34N2/c1-18(2)15-25(16-20-9-7-19(14-24)8-10-20)17-21-11-12-22-5-3-4-6-23(22)13-21/h3-6,11-13,18-20H,7-10,14-17,24H2,1-2H3. The molecule has 136 valence electrons. The molecule has 25 heavy (non-hydrogen) atoms. The lowest BCUT2D eigenvalue weighted by Crippen LogP contribution is -2.34. The van der Waals surface area contributed by atoms with E-state index >= 15 is 0 Å². The number of nitrogens with zero attached hydrogens (tertiary/aromatic N) is 1. The number of benzene rings is 2. The van der Waals surface area contributed by atoms with Gasteiger partial charge in [-0.3, -0.25) is 4.90 Å². The van der Waals surface area contributed by atoms with E-state index in [-0.39, 0.29) is 0 Å². The zero-order valence-corrected chi connectivity index (χ0v) is 16.0. The van der Waals surface area contributed by atoms with E-state index in [1.165, 1.54) is 55.1 Å². The molecule has 0 aliphatic heterocycles. The van der Waals surface area contributed by atoms with Crippen molar-refractivity contribution >= 4 is 10.8 Å². The van der Waals surface area contributed by atoms with Crippen LogP contribution in [0.3, 0.4) is 0 Å². The Kier molecular flexibility index (Phi) is 6.50. The van der Waals surface area contributed by atoms with Crippen LogP contribution in [0, 0.1) is 17.8 Å². The first-order valence-electron chi connectivity index (χ1n) is 10.0. The van der Waals surface area contributed by atoms with Crippen molar-refractivity contribution in [1.29, 1.82) is 0 Å². The summed E-state index contributed by atoms with van der Waals surface area (Å²) in [5.41, 5.74) is 7.29. The summed E-state index contributed by atoms with van der Waals surface area (Å²) in [6, 6.07) is 15.6. The van der Waals surface area contributed by atoms with Crippen LogP contribution in [0.5, 0.6) is 0 Å². The highest BCUT2D eigenvalue weighted by molar-refractivity contribution is 5.82. The van der Waals surface area contributed by atoms with Crippen molar-refractivity contribution in [3.8, 4) is 0 Å². The number of nitrogens with two attached hydrogens (primary N) is 1. The van der Waals surface area contributed by atoms with Gasteiger partial charge in [0.1, 0.15) is 0 Å². The van der Waals surface area contributed by atoms with E-state index in [1.807, 2.05) is 0 Å². The van der Waals surface area contributed by atoms with E-state index in [1.54, 1.807) is 0 Å². The lowest BCUT2D eigenvalue weighted by Gasteiger charge is -2.33. The van der Waals surface area contributed by atoms with Crippen LogP contribution in [-0.2, 0) is 6.54 Å². The van der Waals surface area contributed by atoms with Gasteiger partial charge >= 0.3 is 0 Å². The highest BCUT2D eigenvalue weighted by atomic mass is 15.1. The van der Waals surface area contributed by atoms with Gasteiger partial charge in [0.15, 0.2) is 0 Å². The zero-order chi connectivity index (χ0) is 17.6. The van der Waals surface area contributed by atoms with Crippen LogP contribution < -0.4 is 5.73 Å².